The van der Waals surface area contributed by atoms with Gasteiger partial charge in [0.05, 0.1) is 23.0 Å². The maximum Gasteiger partial charge on any atom is 0.0834 e. The molecule has 1 heterocycles. The number of nitrogens with zero attached hydrogens (tertiary/aromatic N) is 2. The number of fused-ring (bicyclic) bond motifs is 3. The van der Waals surface area contributed by atoms with Crippen LogP contribution in [0.25, 0.3) is 0 Å². The number of hydrogen-bond acceptors (Lipinski definition) is 3. The van der Waals surface area contributed by atoms with E-state index < -0.39 is 0 Å². The molecule has 0 amide bonds. The maximum absolute atomic E-state index is 6.31. The van der Waals surface area contributed by atoms with Crippen molar-refractivity contribution in [2.75, 3.05) is 0 Å². The molecule has 4 nitrogen and oxygen atoms in total. The molecule has 0 bridgehead atoms. The lowest BCUT2D eigenvalue weighted by Crippen LogP contribution is -2.32. The van der Waals surface area contributed by atoms with Crippen LogP contribution in [-0.2, 0) is 13.5 Å². The molecule has 110 valence electrons. The van der Waals surface area contributed by atoms with E-state index in [9.17, 15) is 0 Å². The van der Waals surface area contributed by atoms with Crippen molar-refractivity contribution in [3.63, 3.8) is 0 Å². The minimum Gasteiger partial charge on any atom is -0.271 e. The monoisotopic (exact) mass is 302 g/mol. The fourth-order valence-corrected chi connectivity index (χ4v) is 4.50. The van der Waals surface area contributed by atoms with Crippen LogP contribution < -0.4 is 11.3 Å². The summed E-state index contributed by atoms with van der Waals surface area (Å²) in [6.07, 6.45) is 4.10. The third-order valence-corrected chi connectivity index (χ3v) is 5.48. The second kappa shape index (κ2) is 4.83. The first-order valence-electron chi connectivity index (χ1n) is 7.43. The maximum atomic E-state index is 6.31. The van der Waals surface area contributed by atoms with Crippen LogP contribution in [0, 0.1) is 11.8 Å². The zero-order chi connectivity index (χ0) is 14.6. The van der Waals surface area contributed by atoms with Crippen molar-refractivity contribution in [3.8, 4) is 0 Å². The van der Waals surface area contributed by atoms with Crippen molar-refractivity contribution >= 4 is 11.6 Å². The number of benzene rings is 1. The molecule has 4 unspecified atom stereocenters. The normalized spacial score (nSPS) is 27.9. The molecule has 0 aliphatic heterocycles. The van der Waals surface area contributed by atoms with Crippen LogP contribution in [-0.4, -0.2) is 9.78 Å². The van der Waals surface area contributed by atoms with E-state index in [2.05, 4.69) is 34.8 Å². The smallest absolute Gasteiger partial charge is 0.0834 e. The van der Waals surface area contributed by atoms with Crippen LogP contribution in [0.5, 0.6) is 0 Å². The predicted molar refractivity (Wildman–Crippen MR) is 82.8 cm³/mol. The Bertz CT molecular complexity index is 661. The molecule has 1 saturated carbocycles. The fourth-order valence-electron chi connectivity index (χ4n) is 4.22. The van der Waals surface area contributed by atoms with Gasteiger partial charge in [-0.15, -0.1) is 0 Å². The first-order valence-corrected chi connectivity index (χ1v) is 7.81. The second-order valence-corrected chi connectivity index (χ2v) is 6.56. The highest BCUT2D eigenvalue weighted by Gasteiger charge is 2.57. The highest BCUT2D eigenvalue weighted by Crippen LogP contribution is 2.64. The van der Waals surface area contributed by atoms with Gasteiger partial charge < -0.3 is 0 Å². The molecule has 2 aliphatic rings. The van der Waals surface area contributed by atoms with Gasteiger partial charge in [0.1, 0.15) is 0 Å². The Morgan fingerprint density at radius 2 is 2.24 bits per heavy atom. The Kier molecular flexibility index (Phi) is 3.06. The van der Waals surface area contributed by atoms with Crippen molar-refractivity contribution in [1.29, 1.82) is 0 Å². The van der Waals surface area contributed by atoms with Gasteiger partial charge in [0, 0.05) is 7.05 Å². The number of hydrogen-bond donors (Lipinski definition) is 2. The summed E-state index contributed by atoms with van der Waals surface area (Å²) in [6.45, 7) is 0. The summed E-state index contributed by atoms with van der Waals surface area (Å²) in [5, 5.41) is 4.94. The van der Waals surface area contributed by atoms with Gasteiger partial charge in [-0.25, -0.2) is 0 Å². The van der Waals surface area contributed by atoms with Crippen LogP contribution in [0.1, 0.15) is 35.2 Å². The van der Waals surface area contributed by atoms with E-state index >= 15 is 0 Å². The highest BCUT2D eigenvalue weighted by molar-refractivity contribution is 6.31. The van der Waals surface area contributed by atoms with Crippen molar-refractivity contribution in [1.82, 2.24) is 15.2 Å². The molecule has 1 aromatic heterocycles. The molecule has 1 fully saturated rings. The minimum absolute atomic E-state index is 0.0613. The van der Waals surface area contributed by atoms with Crippen molar-refractivity contribution in [2.24, 2.45) is 24.7 Å². The summed E-state index contributed by atoms with van der Waals surface area (Å²) in [7, 11) is 1.92. The molecule has 3 N–H and O–H groups in total. The molecule has 2 aromatic rings. The van der Waals surface area contributed by atoms with Crippen molar-refractivity contribution in [2.45, 2.75) is 24.8 Å². The summed E-state index contributed by atoms with van der Waals surface area (Å²) >= 11 is 6.31. The van der Waals surface area contributed by atoms with Crippen LogP contribution in [0.4, 0.5) is 0 Å². The van der Waals surface area contributed by atoms with E-state index in [-0.39, 0.29) is 6.04 Å². The zero-order valence-electron chi connectivity index (χ0n) is 12.0. The average molecular weight is 303 g/mol. The lowest BCUT2D eigenvalue weighted by Gasteiger charge is -2.17. The highest BCUT2D eigenvalue weighted by atomic mass is 35.5. The first-order chi connectivity index (χ1) is 10.2. The molecule has 4 rings (SSSR count). The van der Waals surface area contributed by atoms with E-state index in [0.717, 1.165) is 5.69 Å². The van der Waals surface area contributed by atoms with E-state index in [4.69, 9.17) is 17.4 Å². The molecule has 5 heteroatoms. The molecule has 1 aromatic carbocycles. The number of aryl methyl sites for hydroxylation is 2. The Balaban J connectivity index is 1.70. The van der Waals surface area contributed by atoms with Gasteiger partial charge in [0.15, 0.2) is 0 Å². The Labute approximate surface area is 129 Å². The van der Waals surface area contributed by atoms with Gasteiger partial charge in [0.25, 0.3) is 0 Å². The first kappa shape index (κ1) is 13.3. The molecule has 0 radical (unpaired) electrons. The topological polar surface area (TPSA) is 55.9 Å². The Morgan fingerprint density at radius 3 is 2.95 bits per heavy atom. The molecular weight excluding hydrogens is 284 g/mol. The number of nitrogens with two attached hydrogens (primary N) is 1. The number of rotatable bonds is 3. The number of aromatic nitrogens is 2. The lowest BCUT2D eigenvalue weighted by atomic mass is 9.92. The van der Waals surface area contributed by atoms with E-state index in [0.29, 0.717) is 22.8 Å². The summed E-state index contributed by atoms with van der Waals surface area (Å²) in [5.74, 6) is 7.67. The number of hydrazine groups is 1. The standard InChI is InChI=1S/C16H19ClN4/c1-21-16(12(17)8-19-21)15(20-18)14-11-7-6-9-4-2-3-5-10(9)13(11)14/h2-5,8,11,13-15,20H,6-7,18H2,1H3. The van der Waals surface area contributed by atoms with Crippen LogP contribution >= 0.6 is 11.6 Å². The summed E-state index contributed by atoms with van der Waals surface area (Å²) in [6, 6.07) is 8.85. The van der Waals surface area contributed by atoms with Crippen LogP contribution in [0.15, 0.2) is 30.5 Å². The van der Waals surface area contributed by atoms with Crippen LogP contribution in [0.2, 0.25) is 5.02 Å². The SMILES string of the molecule is Cn1ncc(Cl)c1C(NN)C1C2CCc3ccccc3C21. The molecular formula is C16H19ClN4. The molecule has 4 atom stereocenters. The average Bonchev–Trinajstić information content (AvgIpc) is 3.15. The van der Waals surface area contributed by atoms with Gasteiger partial charge >= 0.3 is 0 Å². The third kappa shape index (κ3) is 1.94. The summed E-state index contributed by atoms with van der Waals surface area (Å²) in [4.78, 5) is 0. The number of nitrogens with one attached hydrogen (secondary N) is 1. The van der Waals surface area contributed by atoms with Crippen molar-refractivity contribution < 1.29 is 0 Å². The molecule has 2 aliphatic carbocycles. The minimum atomic E-state index is 0.0613. The van der Waals surface area contributed by atoms with Gasteiger partial charge in [-0.05, 0) is 41.7 Å². The van der Waals surface area contributed by atoms with E-state index in [1.807, 2.05) is 11.7 Å². The summed E-state index contributed by atoms with van der Waals surface area (Å²) in [5.41, 5.74) is 6.98. The molecule has 21 heavy (non-hydrogen) atoms. The Hall–Kier alpha value is -1.36. The lowest BCUT2D eigenvalue weighted by molar-refractivity contribution is 0.433. The van der Waals surface area contributed by atoms with Gasteiger partial charge in [-0.3, -0.25) is 16.0 Å². The fraction of sp³-hybridized carbons (Fsp3) is 0.438. The van der Waals surface area contributed by atoms with E-state index in [1.54, 1.807) is 6.20 Å². The largest absolute Gasteiger partial charge is 0.271 e. The summed E-state index contributed by atoms with van der Waals surface area (Å²) < 4.78 is 1.84. The third-order valence-electron chi connectivity index (χ3n) is 5.19. The van der Waals surface area contributed by atoms with Crippen molar-refractivity contribution in [3.05, 3.63) is 52.3 Å². The second-order valence-electron chi connectivity index (χ2n) is 6.15. The Morgan fingerprint density at radius 1 is 1.43 bits per heavy atom. The molecule has 0 saturated heterocycles. The molecule has 0 spiro atoms. The van der Waals surface area contributed by atoms with Gasteiger partial charge in [0.2, 0.25) is 0 Å². The van der Waals surface area contributed by atoms with Gasteiger partial charge in [-0.2, -0.15) is 5.10 Å². The predicted octanol–water partition coefficient (Wildman–Crippen LogP) is 2.55. The number of halogens is 1. The quantitative estimate of drug-likeness (QED) is 0.677. The van der Waals surface area contributed by atoms with Crippen LogP contribution in [0.3, 0.4) is 0 Å². The van der Waals surface area contributed by atoms with E-state index in [1.165, 1.54) is 24.0 Å². The van der Waals surface area contributed by atoms with Gasteiger partial charge in [-0.1, -0.05) is 35.9 Å². The zero-order valence-corrected chi connectivity index (χ0v) is 12.7.